The minimum atomic E-state index is -0.777. The molecule has 2 fully saturated rings. The van der Waals surface area contributed by atoms with Crippen molar-refractivity contribution >= 4 is 52.4 Å². The summed E-state index contributed by atoms with van der Waals surface area (Å²) in [6.45, 7) is -0.628. The summed E-state index contributed by atoms with van der Waals surface area (Å²) < 4.78 is 0. The molecule has 0 radical (unpaired) electrons. The van der Waals surface area contributed by atoms with Crippen LogP contribution in [0.3, 0.4) is 0 Å². The summed E-state index contributed by atoms with van der Waals surface area (Å²) in [5.41, 5.74) is -0.0794. The molecule has 2 aromatic carbocycles. The first-order valence-electron chi connectivity index (χ1n) is 10.8. The van der Waals surface area contributed by atoms with Gasteiger partial charge in [-0.15, -0.1) is 0 Å². The zero-order chi connectivity index (χ0) is 25.0. The number of nitro groups is 1. The molecule has 4 atom stereocenters. The molecule has 1 aliphatic heterocycles. The third-order valence-corrected chi connectivity index (χ3v) is 7.52. The second kappa shape index (κ2) is 8.58. The van der Waals surface area contributed by atoms with E-state index in [1.807, 2.05) is 12.2 Å². The van der Waals surface area contributed by atoms with Crippen molar-refractivity contribution in [2.75, 3.05) is 6.54 Å². The molecule has 0 N–H and O–H groups in total. The average Bonchev–Trinajstić information content (AvgIpc) is 3.53. The maximum Gasteiger partial charge on any atom is 0.273 e. The van der Waals surface area contributed by atoms with Gasteiger partial charge in [0.15, 0.2) is 5.78 Å². The summed E-state index contributed by atoms with van der Waals surface area (Å²) >= 11 is 12.0. The Morgan fingerprint density at radius 2 is 1.51 bits per heavy atom. The number of benzene rings is 2. The number of fused-ring (bicyclic) bond motifs is 5. The van der Waals surface area contributed by atoms with Crippen LogP contribution >= 0.6 is 23.2 Å². The van der Waals surface area contributed by atoms with Gasteiger partial charge in [-0.05, 0) is 48.6 Å². The molecule has 0 unspecified atom stereocenters. The van der Waals surface area contributed by atoms with Crippen LogP contribution in [0.1, 0.15) is 27.1 Å². The number of allylic oxidation sites excluding steroid dienone is 2. The average molecular weight is 514 g/mol. The molecule has 0 aromatic heterocycles. The predicted molar refractivity (Wildman–Crippen MR) is 124 cm³/mol. The van der Waals surface area contributed by atoms with Gasteiger partial charge < -0.3 is 0 Å². The number of carbonyl (C=O) groups is 4. The molecule has 0 spiro atoms. The molecule has 2 bridgehead atoms. The van der Waals surface area contributed by atoms with Crippen LogP contribution in [0.15, 0.2) is 54.6 Å². The Kier molecular flexibility index (Phi) is 5.69. The Balaban J connectivity index is 1.49. The van der Waals surface area contributed by atoms with Gasteiger partial charge >= 0.3 is 0 Å². The molecular weight excluding hydrogens is 497 g/mol. The van der Waals surface area contributed by atoms with Crippen molar-refractivity contribution in [1.29, 1.82) is 0 Å². The third-order valence-electron chi connectivity index (χ3n) is 6.78. The first-order chi connectivity index (χ1) is 16.7. The number of imide groups is 1. The number of hydrogen-bond acceptors (Lipinski definition) is 6. The van der Waals surface area contributed by atoms with E-state index >= 15 is 0 Å². The van der Waals surface area contributed by atoms with Crippen LogP contribution in [0.5, 0.6) is 0 Å². The van der Waals surface area contributed by atoms with Crippen LogP contribution in [0.25, 0.3) is 0 Å². The van der Waals surface area contributed by atoms with Gasteiger partial charge in [0.05, 0.1) is 26.8 Å². The van der Waals surface area contributed by atoms with E-state index in [9.17, 15) is 29.3 Å². The summed E-state index contributed by atoms with van der Waals surface area (Å²) in [5, 5.41) is 12.8. The Morgan fingerprint density at radius 1 is 0.943 bits per heavy atom. The Hall–Kier alpha value is -3.56. The Labute approximate surface area is 209 Å². The molecule has 3 amide bonds. The van der Waals surface area contributed by atoms with Crippen LogP contribution in [0, 0.1) is 33.8 Å². The van der Waals surface area contributed by atoms with Crippen molar-refractivity contribution in [1.82, 2.24) is 10.0 Å². The maximum absolute atomic E-state index is 13.5. The van der Waals surface area contributed by atoms with E-state index in [1.165, 1.54) is 30.3 Å². The molecule has 1 heterocycles. The summed E-state index contributed by atoms with van der Waals surface area (Å²) in [4.78, 5) is 63.6. The number of carbonyl (C=O) groups excluding carboxylic acids is 4. The first kappa shape index (κ1) is 23.2. The van der Waals surface area contributed by atoms with Crippen LogP contribution in [0.2, 0.25) is 10.0 Å². The lowest BCUT2D eigenvalue weighted by molar-refractivity contribution is -0.384. The zero-order valence-corrected chi connectivity index (χ0v) is 19.5. The fourth-order valence-corrected chi connectivity index (χ4v) is 5.43. The number of amides is 3. The highest BCUT2D eigenvalue weighted by atomic mass is 35.5. The molecule has 11 heteroatoms. The topological polar surface area (TPSA) is 118 Å². The Bertz CT molecular complexity index is 1300. The smallest absolute Gasteiger partial charge is 0.273 e. The molecule has 9 nitrogen and oxygen atoms in total. The SMILES string of the molecule is O=C(CN(C(=O)c1ccc(Cl)c(Cl)c1)N1C(=O)[C@@H]2[C@@H](C1=O)[C@H]1C=C[C@H]2C1)c1ccc([N+](=O)[O-])cc1. The van der Waals surface area contributed by atoms with Gasteiger partial charge in [-0.25, -0.2) is 5.01 Å². The first-order valence-corrected chi connectivity index (χ1v) is 11.5. The van der Waals surface area contributed by atoms with Crippen LogP contribution in [-0.2, 0) is 9.59 Å². The van der Waals surface area contributed by atoms with Crippen molar-refractivity contribution in [2.24, 2.45) is 23.7 Å². The van der Waals surface area contributed by atoms with E-state index < -0.39 is 46.8 Å². The standard InChI is InChI=1S/C24H17Cl2N3O6/c25-17-8-5-15(10-18(17)26)22(31)27(11-19(30)12-3-6-16(7-4-12)29(34)35)28-23(32)20-13-1-2-14(9-13)21(20)24(28)33/h1-8,10,13-14,20-21H,9,11H2/t13-,14-,20-,21-/m0/s1. The normalized spacial score (nSPS) is 24.1. The largest absolute Gasteiger partial charge is 0.292 e. The van der Waals surface area contributed by atoms with Crippen molar-refractivity contribution in [3.63, 3.8) is 0 Å². The number of hydrogen-bond donors (Lipinski definition) is 0. The number of Topliss-reactive ketones (excluding diaryl/α,β-unsaturated/α-hetero) is 1. The zero-order valence-electron chi connectivity index (χ0n) is 18.0. The number of rotatable bonds is 6. The lowest BCUT2D eigenvalue weighted by Gasteiger charge is -2.31. The summed E-state index contributed by atoms with van der Waals surface area (Å²) in [6, 6.07) is 8.93. The number of ketones is 1. The highest BCUT2D eigenvalue weighted by Gasteiger charge is 2.61. The molecule has 1 saturated carbocycles. The fourth-order valence-electron chi connectivity index (χ4n) is 5.13. The summed E-state index contributed by atoms with van der Waals surface area (Å²) in [6.07, 6.45) is 4.56. The molecular formula is C24H17Cl2N3O6. The second-order valence-corrected chi connectivity index (χ2v) is 9.52. The second-order valence-electron chi connectivity index (χ2n) is 8.71. The number of nitro benzene ring substituents is 1. The summed E-state index contributed by atoms with van der Waals surface area (Å²) in [5.74, 6) is -3.75. The van der Waals surface area contributed by atoms with E-state index in [4.69, 9.17) is 23.2 Å². The molecule has 1 saturated heterocycles. The van der Waals surface area contributed by atoms with Crippen molar-refractivity contribution < 1.29 is 24.1 Å². The maximum atomic E-state index is 13.5. The molecule has 178 valence electrons. The van der Waals surface area contributed by atoms with Gasteiger partial charge in [0.25, 0.3) is 23.4 Å². The molecule has 35 heavy (non-hydrogen) atoms. The molecule has 3 aliphatic rings. The van der Waals surface area contributed by atoms with Gasteiger partial charge in [0, 0.05) is 23.3 Å². The van der Waals surface area contributed by atoms with Gasteiger partial charge in [-0.1, -0.05) is 35.4 Å². The number of non-ortho nitro benzene ring substituents is 1. The summed E-state index contributed by atoms with van der Waals surface area (Å²) in [7, 11) is 0. The van der Waals surface area contributed by atoms with Gasteiger partial charge in [0.2, 0.25) is 0 Å². The van der Waals surface area contributed by atoms with E-state index in [0.29, 0.717) is 6.42 Å². The van der Waals surface area contributed by atoms with E-state index in [2.05, 4.69) is 0 Å². The number of nitrogens with zero attached hydrogens (tertiary/aromatic N) is 3. The van der Waals surface area contributed by atoms with Gasteiger partial charge in [0.1, 0.15) is 6.54 Å². The minimum Gasteiger partial charge on any atom is -0.292 e. The van der Waals surface area contributed by atoms with Gasteiger partial charge in [-0.2, -0.15) is 5.01 Å². The fraction of sp³-hybridized carbons (Fsp3) is 0.250. The molecule has 2 aromatic rings. The Morgan fingerprint density at radius 3 is 2.06 bits per heavy atom. The molecule has 2 aliphatic carbocycles. The van der Waals surface area contributed by atoms with E-state index in [1.54, 1.807) is 0 Å². The van der Waals surface area contributed by atoms with Gasteiger partial charge in [-0.3, -0.25) is 29.3 Å². The number of hydrazine groups is 1. The highest BCUT2D eigenvalue weighted by molar-refractivity contribution is 6.42. The lowest BCUT2D eigenvalue weighted by Crippen LogP contribution is -2.52. The predicted octanol–water partition coefficient (Wildman–Crippen LogP) is 3.95. The van der Waals surface area contributed by atoms with Crippen molar-refractivity contribution in [2.45, 2.75) is 6.42 Å². The van der Waals surface area contributed by atoms with Crippen LogP contribution < -0.4 is 0 Å². The van der Waals surface area contributed by atoms with Crippen LogP contribution in [-0.4, -0.2) is 45.0 Å². The lowest BCUT2D eigenvalue weighted by atomic mass is 9.85. The van der Waals surface area contributed by atoms with E-state index in [0.717, 1.165) is 22.2 Å². The van der Waals surface area contributed by atoms with E-state index in [-0.39, 0.29) is 38.7 Å². The number of halogens is 2. The van der Waals surface area contributed by atoms with Crippen molar-refractivity contribution in [3.8, 4) is 0 Å². The monoisotopic (exact) mass is 513 g/mol. The highest BCUT2D eigenvalue weighted by Crippen LogP contribution is 2.52. The molecule has 5 rings (SSSR count). The minimum absolute atomic E-state index is 0.0367. The quantitative estimate of drug-likeness (QED) is 0.189. The third kappa shape index (κ3) is 3.81. The van der Waals surface area contributed by atoms with Crippen LogP contribution in [0.4, 0.5) is 5.69 Å². The van der Waals surface area contributed by atoms with Crippen molar-refractivity contribution in [3.05, 3.63) is 85.9 Å².